The number of hydrogen-bond acceptors (Lipinski definition) is 4. The van der Waals surface area contributed by atoms with Crippen LogP contribution in [0, 0.1) is 5.41 Å². The highest BCUT2D eigenvalue weighted by molar-refractivity contribution is 5.82. The fourth-order valence-corrected chi connectivity index (χ4v) is 3.46. The van der Waals surface area contributed by atoms with Gasteiger partial charge < -0.3 is 24.8 Å². The van der Waals surface area contributed by atoms with Gasteiger partial charge in [-0.25, -0.2) is 0 Å². The first-order valence-corrected chi connectivity index (χ1v) is 10.4. The molecule has 0 aliphatic carbocycles. The number of amides is 1. The van der Waals surface area contributed by atoms with Crippen LogP contribution in [0.25, 0.3) is 0 Å². The number of anilines is 1. The number of piperazine rings is 1. The summed E-state index contributed by atoms with van der Waals surface area (Å²) in [6, 6.07) is 8.74. The van der Waals surface area contributed by atoms with Crippen LogP contribution in [0.3, 0.4) is 0 Å². The van der Waals surface area contributed by atoms with Gasteiger partial charge in [0, 0.05) is 25.3 Å². The molecule has 29 heavy (non-hydrogen) atoms. The van der Waals surface area contributed by atoms with Crippen molar-refractivity contribution in [2.45, 2.75) is 26.8 Å². The first-order chi connectivity index (χ1) is 13.6. The van der Waals surface area contributed by atoms with Crippen LogP contribution in [0.15, 0.2) is 24.3 Å². The molecule has 1 aromatic rings. The van der Waals surface area contributed by atoms with Crippen LogP contribution in [-0.4, -0.2) is 72.4 Å². The van der Waals surface area contributed by atoms with E-state index in [1.165, 1.54) is 10.5 Å². The molecule has 2 rings (SSSR count). The average molecular weight is 407 g/mol. The minimum absolute atomic E-state index is 0.182. The molecule has 0 saturated carbocycles. The van der Waals surface area contributed by atoms with Crippen molar-refractivity contribution in [1.82, 2.24) is 5.32 Å². The molecule has 7 heteroatoms. The number of carbonyl (C=O) groups excluding carboxylic acids is 2. The second-order valence-electron chi connectivity index (χ2n) is 9.28. The molecule has 3 N–H and O–H groups in total. The van der Waals surface area contributed by atoms with Gasteiger partial charge in [0.2, 0.25) is 0 Å². The maximum absolute atomic E-state index is 12.3. The van der Waals surface area contributed by atoms with Crippen molar-refractivity contribution in [2.24, 2.45) is 5.41 Å². The molecule has 1 atom stereocenters. The number of esters is 1. The van der Waals surface area contributed by atoms with Crippen LogP contribution in [0.2, 0.25) is 0 Å². The highest BCUT2D eigenvalue weighted by Crippen LogP contribution is 2.17. The average Bonchev–Trinajstić information content (AvgIpc) is 2.67. The van der Waals surface area contributed by atoms with Crippen LogP contribution < -0.4 is 20.0 Å². The second-order valence-corrected chi connectivity index (χ2v) is 9.28. The van der Waals surface area contributed by atoms with E-state index in [0.29, 0.717) is 6.54 Å². The maximum atomic E-state index is 12.3. The summed E-state index contributed by atoms with van der Waals surface area (Å²) in [5.74, 6) is -0.618. The van der Waals surface area contributed by atoms with Gasteiger partial charge in [0.05, 0.1) is 19.0 Å². The predicted molar refractivity (Wildman–Crippen MR) is 114 cm³/mol. The van der Waals surface area contributed by atoms with Gasteiger partial charge in [0.25, 0.3) is 5.91 Å². The van der Waals surface area contributed by atoms with E-state index < -0.39 is 5.41 Å². The molecule has 0 unspecified atom stereocenters. The van der Waals surface area contributed by atoms with Crippen molar-refractivity contribution in [3.63, 3.8) is 0 Å². The molecule has 0 bridgehead atoms. The number of nitrogens with zero attached hydrogens (tertiary/aromatic N) is 1. The zero-order chi connectivity index (χ0) is 21.6. The fraction of sp³-hybridized carbons (Fsp3) is 0.636. The van der Waals surface area contributed by atoms with E-state index in [9.17, 15) is 9.59 Å². The topological polar surface area (TPSA) is 67.5 Å². The SMILES string of the molecule is CN(C)c1ccc([C@H](CNC(=O)COC(=O)C(C)(C)C)[NH+]2CC[NH+](C)CC2)cc1. The molecule has 1 amide bonds. The Morgan fingerprint density at radius 2 is 1.69 bits per heavy atom. The largest absolute Gasteiger partial charge is 0.455 e. The third-order valence-electron chi connectivity index (χ3n) is 5.50. The lowest BCUT2D eigenvalue weighted by Crippen LogP contribution is -3.27. The lowest BCUT2D eigenvalue weighted by atomic mass is 9.97. The van der Waals surface area contributed by atoms with E-state index in [4.69, 9.17) is 4.74 Å². The van der Waals surface area contributed by atoms with E-state index >= 15 is 0 Å². The van der Waals surface area contributed by atoms with Gasteiger partial charge in [0.15, 0.2) is 6.61 Å². The second kappa shape index (κ2) is 10.1. The van der Waals surface area contributed by atoms with Gasteiger partial charge in [0.1, 0.15) is 32.2 Å². The van der Waals surface area contributed by atoms with Gasteiger partial charge in [-0.15, -0.1) is 0 Å². The Hall–Kier alpha value is -2.12. The van der Waals surface area contributed by atoms with Crippen molar-refractivity contribution >= 4 is 17.6 Å². The summed E-state index contributed by atoms with van der Waals surface area (Å²) in [5, 5.41) is 2.98. The summed E-state index contributed by atoms with van der Waals surface area (Å²) in [6.07, 6.45) is 0. The predicted octanol–water partition coefficient (Wildman–Crippen LogP) is -1.09. The Labute approximate surface area is 175 Å². The van der Waals surface area contributed by atoms with Crippen LogP contribution in [-0.2, 0) is 14.3 Å². The highest BCUT2D eigenvalue weighted by Gasteiger charge is 2.30. The van der Waals surface area contributed by atoms with Crippen molar-refractivity contribution in [3.05, 3.63) is 29.8 Å². The molecule has 162 valence electrons. The molecule has 0 spiro atoms. The summed E-state index contributed by atoms with van der Waals surface area (Å²) in [7, 11) is 6.28. The Morgan fingerprint density at radius 1 is 1.10 bits per heavy atom. The molecule has 0 radical (unpaired) electrons. The Bertz CT molecular complexity index is 674. The summed E-state index contributed by atoms with van der Waals surface area (Å²) in [4.78, 5) is 29.3. The van der Waals surface area contributed by atoms with E-state index in [-0.39, 0.29) is 24.5 Å². The van der Waals surface area contributed by atoms with Crippen molar-refractivity contribution in [2.75, 3.05) is 65.4 Å². The van der Waals surface area contributed by atoms with Crippen molar-refractivity contribution in [3.8, 4) is 0 Å². The number of likely N-dealkylation sites (N-methyl/N-ethyl adjacent to an activating group) is 1. The minimum Gasteiger partial charge on any atom is -0.455 e. The summed E-state index contributed by atoms with van der Waals surface area (Å²) >= 11 is 0. The smallest absolute Gasteiger partial charge is 0.311 e. The normalized spacial score (nSPS) is 20.6. The highest BCUT2D eigenvalue weighted by atomic mass is 16.5. The molecule has 1 aromatic carbocycles. The molecular weight excluding hydrogens is 368 g/mol. The summed E-state index contributed by atoms with van der Waals surface area (Å²) in [6.45, 7) is 10.0. The van der Waals surface area contributed by atoms with Crippen LogP contribution >= 0.6 is 0 Å². The van der Waals surface area contributed by atoms with Gasteiger partial charge in [-0.05, 0) is 32.9 Å². The molecule has 1 aliphatic heterocycles. The first kappa shape index (κ1) is 23.2. The quantitative estimate of drug-likeness (QED) is 0.504. The molecule has 0 aromatic heterocycles. The monoisotopic (exact) mass is 406 g/mol. The number of benzene rings is 1. The third-order valence-corrected chi connectivity index (χ3v) is 5.50. The van der Waals surface area contributed by atoms with Crippen LogP contribution in [0.5, 0.6) is 0 Å². The van der Waals surface area contributed by atoms with Crippen molar-refractivity contribution in [1.29, 1.82) is 0 Å². The van der Waals surface area contributed by atoms with E-state index in [1.54, 1.807) is 25.7 Å². The van der Waals surface area contributed by atoms with Gasteiger partial charge in [-0.1, -0.05) is 12.1 Å². The lowest BCUT2D eigenvalue weighted by Gasteiger charge is -2.33. The Kier molecular flexibility index (Phi) is 8.05. The molecular formula is C22H38N4O3+2. The summed E-state index contributed by atoms with van der Waals surface area (Å²) < 4.78 is 5.14. The number of carbonyl (C=O) groups is 2. The molecule has 1 fully saturated rings. The Morgan fingerprint density at radius 3 is 2.21 bits per heavy atom. The Balaban J connectivity index is 2.02. The molecule has 7 nitrogen and oxygen atoms in total. The number of ether oxygens (including phenoxy) is 1. The minimum atomic E-state index is -0.608. The fourth-order valence-electron chi connectivity index (χ4n) is 3.46. The number of rotatable bonds is 7. The maximum Gasteiger partial charge on any atom is 0.311 e. The van der Waals surface area contributed by atoms with Gasteiger partial charge in [-0.3, -0.25) is 9.59 Å². The van der Waals surface area contributed by atoms with Crippen LogP contribution in [0.4, 0.5) is 5.69 Å². The zero-order valence-electron chi connectivity index (χ0n) is 18.8. The number of quaternary nitrogens is 2. The number of nitrogens with one attached hydrogen (secondary N) is 3. The van der Waals surface area contributed by atoms with Gasteiger partial charge in [-0.2, -0.15) is 0 Å². The molecule has 1 heterocycles. The third kappa shape index (κ3) is 7.01. The van der Waals surface area contributed by atoms with E-state index in [0.717, 1.165) is 31.9 Å². The van der Waals surface area contributed by atoms with Gasteiger partial charge >= 0.3 is 5.97 Å². The first-order valence-electron chi connectivity index (χ1n) is 10.4. The van der Waals surface area contributed by atoms with E-state index in [1.807, 2.05) is 14.1 Å². The van der Waals surface area contributed by atoms with E-state index in [2.05, 4.69) is 41.5 Å². The van der Waals surface area contributed by atoms with Crippen LogP contribution in [0.1, 0.15) is 32.4 Å². The molecule has 1 saturated heterocycles. The summed E-state index contributed by atoms with van der Waals surface area (Å²) in [5.41, 5.74) is 1.77. The standard InChI is InChI=1S/C22H36N4O3/c1-22(2,3)21(28)29-16-20(27)23-15-19(26-13-11-25(6)12-14-26)17-7-9-18(10-8-17)24(4)5/h7-10,19H,11-16H2,1-6H3,(H,23,27)/p+2/t19-/m0/s1. The number of hydrogen-bond donors (Lipinski definition) is 3. The molecule has 1 aliphatic rings. The zero-order valence-corrected chi connectivity index (χ0v) is 18.8. The van der Waals surface area contributed by atoms with Crippen molar-refractivity contribution < 1.29 is 24.1 Å². The lowest BCUT2D eigenvalue weighted by molar-refractivity contribution is -1.02.